The van der Waals surface area contributed by atoms with E-state index in [1.165, 1.54) is 6.07 Å². The summed E-state index contributed by atoms with van der Waals surface area (Å²) in [6.45, 7) is 0. The zero-order chi connectivity index (χ0) is 7.56. The van der Waals surface area contributed by atoms with E-state index in [9.17, 15) is 4.79 Å². The van der Waals surface area contributed by atoms with E-state index in [2.05, 4.69) is 0 Å². The van der Waals surface area contributed by atoms with Crippen molar-refractivity contribution >= 4 is 43.4 Å². The molecule has 1 rings (SSSR count). The summed E-state index contributed by atoms with van der Waals surface area (Å²) in [6, 6.07) is 6.33. The first kappa shape index (κ1) is 10.9. The van der Waals surface area contributed by atoms with Crippen LogP contribution in [0.4, 0.5) is 0 Å². The minimum atomic E-state index is -0.995. The number of carboxylic acid groups (broad SMARTS) is 1. The molecule has 0 saturated carbocycles. The molecule has 0 bridgehead atoms. The van der Waals surface area contributed by atoms with Crippen LogP contribution in [0.25, 0.3) is 0 Å². The van der Waals surface area contributed by atoms with E-state index >= 15 is 0 Å². The fourth-order valence-corrected chi connectivity index (χ4v) is 0.851. The Kier molecular flexibility index (Phi) is 4.61. The summed E-state index contributed by atoms with van der Waals surface area (Å²) in [4.78, 5) is 10.3. The Hall–Kier alpha value is -0.150. The Morgan fingerprint density at radius 1 is 1.36 bits per heavy atom. The molecule has 0 amide bonds. The molecule has 1 aromatic carbocycles. The molecule has 0 radical (unpaired) electrons. The van der Waals surface area contributed by atoms with Crippen molar-refractivity contribution in [2.45, 2.75) is 0 Å². The number of rotatable bonds is 1. The molecule has 0 heterocycles. The molecule has 0 spiro atoms. The molecule has 58 valence electrons. The summed E-state index contributed by atoms with van der Waals surface area (Å²) in [5, 5.41) is 8.75. The van der Waals surface area contributed by atoms with Crippen LogP contribution in [-0.2, 0) is 0 Å². The topological polar surface area (TPSA) is 37.3 Å². The predicted molar refractivity (Wildman–Crippen MR) is 48.4 cm³/mol. The first-order valence-corrected chi connectivity index (χ1v) is 3.07. The van der Waals surface area contributed by atoms with Gasteiger partial charge in [0.25, 0.3) is 0 Å². The van der Waals surface area contributed by atoms with Crippen LogP contribution in [0.2, 0.25) is 5.02 Å². The zero-order valence-corrected chi connectivity index (χ0v) is 5.80. The van der Waals surface area contributed by atoms with Crippen LogP contribution in [0, 0.1) is 0 Å². The Labute approximate surface area is 88.0 Å². The maximum absolute atomic E-state index is 10.3. The number of hydrogen-bond acceptors (Lipinski definition) is 1. The van der Waals surface area contributed by atoms with E-state index < -0.39 is 5.97 Å². The number of aromatic carboxylic acids is 1. The summed E-state index contributed by atoms with van der Waals surface area (Å²) < 4.78 is 0. The van der Waals surface area contributed by atoms with E-state index in [1.54, 1.807) is 18.2 Å². The zero-order valence-electron chi connectivity index (χ0n) is 5.04. The van der Waals surface area contributed by atoms with Gasteiger partial charge in [0.05, 0.1) is 10.6 Å². The summed E-state index contributed by atoms with van der Waals surface area (Å²) in [5.41, 5.74) is 0.143. The summed E-state index contributed by atoms with van der Waals surface area (Å²) in [5.74, 6) is -0.995. The van der Waals surface area contributed by atoms with Gasteiger partial charge in [-0.1, -0.05) is 23.7 Å². The number of halogens is 1. The van der Waals surface area contributed by atoms with Gasteiger partial charge >= 0.3 is 31.8 Å². The van der Waals surface area contributed by atoms with Crippen LogP contribution < -0.4 is 0 Å². The van der Waals surface area contributed by atoms with Gasteiger partial charge < -0.3 is 5.11 Å². The van der Waals surface area contributed by atoms with Gasteiger partial charge in [0, 0.05) is 0 Å². The van der Waals surface area contributed by atoms with Crippen molar-refractivity contribution < 1.29 is 9.90 Å². The average molecular weight is 274 g/mol. The van der Waals surface area contributed by atoms with Gasteiger partial charge in [-0.25, -0.2) is 4.79 Å². The van der Waals surface area contributed by atoms with Crippen LogP contribution in [-0.4, -0.2) is 36.9 Å². The fraction of sp³-hybridized carbons (Fsp3) is 0. The molecular formula is C7H8ClInO2. The van der Waals surface area contributed by atoms with E-state index in [4.69, 9.17) is 16.7 Å². The number of benzene rings is 1. The van der Waals surface area contributed by atoms with Crippen LogP contribution in [0.5, 0.6) is 0 Å². The molecule has 11 heavy (non-hydrogen) atoms. The fourth-order valence-electron chi connectivity index (χ4n) is 0.635. The molecule has 0 atom stereocenters. The molecular weight excluding hydrogens is 266 g/mol. The summed E-state index contributed by atoms with van der Waals surface area (Å²) in [6.07, 6.45) is 0. The first-order valence-electron chi connectivity index (χ1n) is 2.69. The van der Waals surface area contributed by atoms with Crippen molar-refractivity contribution in [3.8, 4) is 0 Å². The number of carbonyl (C=O) groups is 1. The van der Waals surface area contributed by atoms with Gasteiger partial charge in [0.15, 0.2) is 0 Å². The van der Waals surface area contributed by atoms with Crippen LogP contribution in [0.15, 0.2) is 24.3 Å². The van der Waals surface area contributed by atoms with E-state index in [0.717, 1.165) is 0 Å². The Balaban J connectivity index is 0.000001000. The molecule has 2 nitrogen and oxygen atoms in total. The molecule has 0 saturated heterocycles. The SMILES string of the molecule is O=C(O)c1ccccc1Cl.[InH3]. The molecule has 0 fully saturated rings. The third-order valence-corrected chi connectivity index (χ3v) is 1.43. The van der Waals surface area contributed by atoms with E-state index in [-0.39, 0.29) is 36.4 Å². The van der Waals surface area contributed by atoms with Gasteiger partial charge in [-0.2, -0.15) is 0 Å². The standard InChI is InChI=1S/C7H5ClO2.In.3H/c8-6-4-2-1-3-5(6)7(9)10;;;;/h1-4H,(H,9,10);;;;. The molecule has 1 N–H and O–H groups in total. The van der Waals surface area contributed by atoms with Crippen molar-refractivity contribution in [2.75, 3.05) is 0 Å². The number of hydrogen-bond donors (Lipinski definition) is 1. The van der Waals surface area contributed by atoms with E-state index in [1.807, 2.05) is 0 Å². The van der Waals surface area contributed by atoms with Crippen molar-refractivity contribution in [1.29, 1.82) is 0 Å². The Bertz CT molecular complexity index is 262. The third kappa shape index (κ3) is 2.75. The van der Waals surface area contributed by atoms with Crippen molar-refractivity contribution in [1.82, 2.24) is 0 Å². The Morgan fingerprint density at radius 3 is 2.27 bits per heavy atom. The summed E-state index contributed by atoms with van der Waals surface area (Å²) in [7, 11) is 0. The maximum atomic E-state index is 10.3. The Morgan fingerprint density at radius 2 is 1.91 bits per heavy atom. The summed E-state index contributed by atoms with van der Waals surface area (Å²) >= 11 is 5.54. The van der Waals surface area contributed by atoms with Crippen molar-refractivity contribution in [3.63, 3.8) is 0 Å². The monoisotopic (exact) mass is 274 g/mol. The molecule has 0 unspecified atom stereocenters. The molecule has 4 heteroatoms. The number of carboxylic acids is 1. The van der Waals surface area contributed by atoms with E-state index in [0.29, 0.717) is 0 Å². The molecule has 0 aliphatic carbocycles. The van der Waals surface area contributed by atoms with Gasteiger partial charge in [-0.3, -0.25) is 0 Å². The second-order valence-electron chi connectivity index (χ2n) is 1.78. The minimum absolute atomic E-state index is 0. The van der Waals surface area contributed by atoms with Gasteiger partial charge in [-0.15, -0.1) is 0 Å². The van der Waals surface area contributed by atoms with Crippen molar-refractivity contribution in [2.24, 2.45) is 0 Å². The predicted octanol–water partition coefficient (Wildman–Crippen LogP) is 0.854. The van der Waals surface area contributed by atoms with Crippen LogP contribution in [0.3, 0.4) is 0 Å². The van der Waals surface area contributed by atoms with Gasteiger partial charge in [-0.05, 0) is 12.1 Å². The quantitative estimate of drug-likeness (QED) is 0.824. The molecule has 0 aliphatic rings. The first-order chi connectivity index (χ1) is 4.72. The molecule has 1 aromatic rings. The molecule has 0 aromatic heterocycles. The third-order valence-electron chi connectivity index (χ3n) is 1.10. The van der Waals surface area contributed by atoms with Crippen molar-refractivity contribution in [3.05, 3.63) is 34.9 Å². The van der Waals surface area contributed by atoms with Gasteiger partial charge in [0.1, 0.15) is 0 Å². The second-order valence-corrected chi connectivity index (χ2v) is 2.19. The van der Waals surface area contributed by atoms with Crippen LogP contribution in [0.1, 0.15) is 10.4 Å². The van der Waals surface area contributed by atoms with Gasteiger partial charge in [0.2, 0.25) is 0 Å². The van der Waals surface area contributed by atoms with Crippen LogP contribution >= 0.6 is 11.6 Å². The second kappa shape index (κ2) is 4.67. The normalized spacial score (nSPS) is 8.45. The molecule has 0 aliphatic heterocycles. The average Bonchev–Trinajstić information content (AvgIpc) is 1.88.